The number of halogens is 1. The maximum atomic E-state index is 15.9. The Morgan fingerprint density at radius 2 is 1.08 bits per heavy atom. The topological polar surface area (TPSA) is 9.23 Å². The first-order valence-corrected chi connectivity index (χ1v) is 15.2. The van der Waals surface area contributed by atoms with Crippen molar-refractivity contribution in [1.82, 2.24) is 0 Å². The summed E-state index contributed by atoms with van der Waals surface area (Å²) in [6, 6.07) is 37.5. The van der Waals surface area contributed by atoms with Crippen molar-refractivity contribution in [2.45, 2.75) is 51.6 Å². The molecule has 186 valence electrons. The van der Waals surface area contributed by atoms with Gasteiger partial charge < -0.3 is 4.74 Å². The molecule has 0 fully saturated rings. The lowest BCUT2D eigenvalue weighted by Crippen LogP contribution is -2.32. The van der Waals surface area contributed by atoms with Crippen LogP contribution in [0.3, 0.4) is 0 Å². The molecule has 4 aromatic rings. The van der Waals surface area contributed by atoms with Crippen molar-refractivity contribution in [3.8, 4) is 5.75 Å². The Bertz CT molecular complexity index is 1080. The maximum Gasteiger partial charge on any atom is 0.171 e. The first kappa shape index (κ1) is 26.1. The van der Waals surface area contributed by atoms with Gasteiger partial charge in [0.15, 0.2) is 11.6 Å². The third-order valence-electron chi connectivity index (χ3n) is 6.80. The number of unbranched alkanes of at least 4 members (excludes halogenated alkanes) is 5. The Kier molecular flexibility index (Phi) is 9.70. The molecule has 4 aromatic carbocycles. The predicted molar refractivity (Wildman–Crippen MR) is 154 cm³/mol. The van der Waals surface area contributed by atoms with Crippen LogP contribution in [0.2, 0.25) is 0 Å². The van der Waals surface area contributed by atoms with Gasteiger partial charge in [0, 0.05) is 5.56 Å². The number of benzene rings is 4. The zero-order valence-corrected chi connectivity index (χ0v) is 22.2. The van der Waals surface area contributed by atoms with E-state index in [0.29, 0.717) is 24.1 Å². The van der Waals surface area contributed by atoms with Crippen LogP contribution in [0.1, 0.15) is 51.0 Å². The van der Waals surface area contributed by atoms with Crippen molar-refractivity contribution in [3.63, 3.8) is 0 Å². The Balaban J connectivity index is 1.67. The molecule has 0 unspecified atom stereocenters. The molecule has 0 aliphatic rings. The molecule has 4 rings (SSSR count). The molecule has 0 saturated heterocycles. The molecule has 0 aromatic heterocycles. The van der Waals surface area contributed by atoms with E-state index in [1.165, 1.54) is 41.6 Å². The highest BCUT2D eigenvalue weighted by Crippen LogP contribution is 2.58. The fraction of sp³-hybridized carbons (Fsp3) is 0.273. The molecule has 36 heavy (non-hydrogen) atoms. The van der Waals surface area contributed by atoms with Gasteiger partial charge >= 0.3 is 0 Å². The summed E-state index contributed by atoms with van der Waals surface area (Å²) in [6.45, 7) is 2.78. The summed E-state index contributed by atoms with van der Waals surface area (Å²) in [5.74, 6) is 0.143. The van der Waals surface area contributed by atoms with Crippen molar-refractivity contribution < 1.29 is 9.13 Å². The second-order valence-corrected chi connectivity index (χ2v) is 12.8. The summed E-state index contributed by atoms with van der Waals surface area (Å²) in [4.78, 5) is 0. The zero-order chi connectivity index (χ0) is 25.1. The summed E-state index contributed by atoms with van der Waals surface area (Å²) in [5.41, 5.74) is 0.709. The van der Waals surface area contributed by atoms with Crippen LogP contribution in [-0.2, 0) is 6.16 Å². The Hall–Kier alpha value is -2.96. The van der Waals surface area contributed by atoms with Crippen LogP contribution >= 0.6 is 7.26 Å². The van der Waals surface area contributed by atoms with Gasteiger partial charge in [-0.15, -0.1) is 0 Å². The summed E-state index contributed by atoms with van der Waals surface area (Å²) in [7, 11) is -2.16. The number of rotatable bonds is 13. The molecule has 0 aliphatic carbocycles. The molecule has 0 amide bonds. The van der Waals surface area contributed by atoms with Crippen LogP contribution in [-0.4, -0.2) is 6.61 Å². The highest BCUT2D eigenvalue weighted by molar-refractivity contribution is 7.95. The lowest BCUT2D eigenvalue weighted by Gasteiger charge is -2.28. The molecule has 0 bridgehead atoms. The van der Waals surface area contributed by atoms with Crippen molar-refractivity contribution in [3.05, 3.63) is 121 Å². The first-order chi connectivity index (χ1) is 17.8. The minimum absolute atomic E-state index is 0.226. The number of hydrogen-bond acceptors (Lipinski definition) is 1. The number of hydrogen-bond donors (Lipinski definition) is 0. The summed E-state index contributed by atoms with van der Waals surface area (Å²) in [5, 5.41) is 3.75. The fourth-order valence-electron chi connectivity index (χ4n) is 4.88. The van der Waals surface area contributed by atoms with Crippen LogP contribution in [0.25, 0.3) is 0 Å². The molecule has 0 aliphatic heterocycles. The van der Waals surface area contributed by atoms with Crippen LogP contribution in [0.15, 0.2) is 109 Å². The third kappa shape index (κ3) is 6.23. The van der Waals surface area contributed by atoms with Gasteiger partial charge in [0.25, 0.3) is 0 Å². The van der Waals surface area contributed by atoms with Gasteiger partial charge in [0.2, 0.25) is 0 Å². The molecule has 0 spiro atoms. The van der Waals surface area contributed by atoms with Crippen LogP contribution < -0.4 is 20.7 Å². The van der Waals surface area contributed by atoms with Crippen molar-refractivity contribution in [2.24, 2.45) is 0 Å². The normalized spacial score (nSPS) is 11.4. The minimum atomic E-state index is -2.16. The molecule has 3 heteroatoms. The molecular formula is C33H37FOP+. The van der Waals surface area contributed by atoms with Crippen molar-refractivity contribution in [1.29, 1.82) is 0 Å². The van der Waals surface area contributed by atoms with Gasteiger partial charge in [-0.25, -0.2) is 4.39 Å². The highest BCUT2D eigenvalue weighted by atomic mass is 31.2. The average molecular weight is 500 g/mol. The van der Waals surface area contributed by atoms with Crippen LogP contribution in [0.4, 0.5) is 4.39 Å². The van der Waals surface area contributed by atoms with E-state index in [-0.39, 0.29) is 5.82 Å². The van der Waals surface area contributed by atoms with E-state index in [1.807, 2.05) is 30.3 Å². The standard InChI is InChI=1S/C33H37FOP/c1-2-3-4-5-6-16-26-35-32-25-17-18-28(33(32)34)27-36(29-19-10-7-11-20-29,30-21-12-8-13-22-30)31-23-14-9-15-24-31/h7-15,17-25H,2-6,16,26-27H2,1H3/q+1. The molecule has 0 radical (unpaired) electrons. The lowest BCUT2D eigenvalue weighted by molar-refractivity contribution is 0.289. The Morgan fingerprint density at radius 1 is 0.583 bits per heavy atom. The highest BCUT2D eigenvalue weighted by Gasteiger charge is 2.46. The van der Waals surface area contributed by atoms with E-state index in [1.54, 1.807) is 6.07 Å². The Morgan fingerprint density at radius 3 is 1.61 bits per heavy atom. The fourth-order valence-corrected chi connectivity index (χ4v) is 9.12. The van der Waals surface area contributed by atoms with Gasteiger partial charge in [0.1, 0.15) is 29.3 Å². The van der Waals surface area contributed by atoms with E-state index < -0.39 is 7.26 Å². The first-order valence-electron chi connectivity index (χ1n) is 13.2. The smallest absolute Gasteiger partial charge is 0.171 e. The van der Waals surface area contributed by atoms with E-state index in [0.717, 1.165) is 12.8 Å². The quantitative estimate of drug-likeness (QED) is 0.134. The summed E-state index contributed by atoms with van der Waals surface area (Å²) >= 11 is 0. The Labute approximate surface area is 216 Å². The van der Waals surface area contributed by atoms with Gasteiger partial charge in [0.05, 0.1) is 6.61 Å². The summed E-state index contributed by atoms with van der Waals surface area (Å²) in [6.07, 6.45) is 7.71. The molecule has 0 saturated carbocycles. The van der Waals surface area contributed by atoms with Crippen LogP contribution in [0.5, 0.6) is 5.75 Å². The SMILES string of the molecule is CCCCCCCCOc1cccc(C[P+](c2ccccc2)(c2ccccc2)c2ccccc2)c1F. The zero-order valence-electron chi connectivity index (χ0n) is 21.3. The van der Waals surface area contributed by atoms with E-state index in [2.05, 4.69) is 79.7 Å². The second kappa shape index (κ2) is 13.4. The lowest BCUT2D eigenvalue weighted by atomic mass is 10.1. The van der Waals surface area contributed by atoms with E-state index in [9.17, 15) is 0 Å². The molecular weight excluding hydrogens is 462 g/mol. The van der Waals surface area contributed by atoms with E-state index >= 15 is 4.39 Å². The largest absolute Gasteiger partial charge is 0.491 e. The molecule has 0 heterocycles. The summed E-state index contributed by atoms with van der Waals surface area (Å²) < 4.78 is 21.9. The maximum absolute atomic E-state index is 15.9. The van der Waals surface area contributed by atoms with Gasteiger partial charge in [-0.05, 0) is 48.9 Å². The van der Waals surface area contributed by atoms with Gasteiger partial charge in [-0.2, -0.15) is 0 Å². The van der Waals surface area contributed by atoms with Gasteiger partial charge in [-0.1, -0.05) is 106 Å². The molecule has 0 N–H and O–H groups in total. The second-order valence-electron chi connectivity index (χ2n) is 9.32. The van der Waals surface area contributed by atoms with Crippen LogP contribution in [0, 0.1) is 5.82 Å². The van der Waals surface area contributed by atoms with Crippen molar-refractivity contribution >= 4 is 23.2 Å². The molecule has 0 atom stereocenters. The monoisotopic (exact) mass is 499 g/mol. The van der Waals surface area contributed by atoms with Gasteiger partial charge in [-0.3, -0.25) is 0 Å². The van der Waals surface area contributed by atoms with E-state index in [4.69, 9.17) is 4.74 Å². The third-order valence-corrected chi connectivity index (χ3v) is 11.2. The predicted octanol–water partition coefficient (Wildman–Crippen LogP) is 8.06. The number of ether oxygens (including phenoxy) is 1. The average Bonchev–Trinajstić information content (AvgIpc) is 2.94. The van der Waals surface area contributed by atoms with Crippen molar-refractivity contribution in [2.75, 3.05) is 6.61 Å². The minimum Gasteiger partial charge on any atom is -0.491 e. The molecule has 1 nitrogen and oxygen atoms in total.